The van der Waals surface area contributed by atoms with Crippen molar-refractivity contribution in [2.75, 3.05) is 13.2 Å². The molecule has 0 aliphatic carbocycles. The third kappa shape index (κ3) is 40.7. The fraction of sp³-hybridized carbons (Fsp3) is 0.788. The molecule has 0 bridgehead atoms. The average Bonchev–Trinajstić information content (AvgIpc) is 1.69. The van der Waals surface area contributed by atoms with Crippen molar-refractivity contribution in [1.82, 2.24) is 0 Å². The topological polar surface area (TPSA) is 43.8 Å². The Morgan fingerprint density at radius 2 is 0.589 bits per heavy atom. The third-order valence-electron chi connectivity index (χ3n) is 19.0. The van der Waals surface area contributed by atoms with Crippen LogP contribution in [0.15, 0.2) is 35.9 Å². The van der Waals surface area contributed by atoms with Gasteiger partial charge >= 0.3 is 75.6 Å². The van der Waals surface area contributed by atoms with E-state index < -0.39 is 0 Å². The second kappa shape index (κ2) is 61.4. The fourth-order valence-corrected chi connectivity index (χ4v) is 13.7. The second-order valence-electron chi connectivity index (χ2n) is 27.5. The summed E-state index contributed by atoms with van der Waals surface area (Å²) in [4.78, 5) is 0. The maximum atomic E-state index is 12.9. The van der Waals surface area contributed by atoms with Crippen molar-refractivity contribution in [2.24, 2.45) is 0 Å². The van der Waals surface area contributed by atoms with Gasteiger partial charge in [-0.05, 0) is 141 Å². The first-order chi connectivity index (χ1) is 44.4. The Hall–Kier alpha value is -2.51. The molecule has 0 amide bonds. The standard InChI is InChI=1S/C77H130N2.2C4H9O.Ni/c1-8-15-22-29-30-31-32-33-34-35-36-37-38-39-40-41-42-43-44-45-46-47-52-59-71-66-76(72-62-67(55-48-23-16-9-2)74(60-53-27-20-13-6)68(63-72)56-49-24-17-10-3)79(78)77(71)73-64-69(57-50-25-18-11-4)75(61-54-28-21-14-7)70(65-73)58-51-26-19-12-5;2*1-2-3-4-5;/h62-66H,8-51,53-58,60-61H2,1-7H3;2*2-4H2,1H3;/q;2*-1;+2. The van der Waals surface area contributed by atoms with Crippen LogP contribution in [0.5, 0.6) is 0 Å². The molecule has 520 valence electrons. The maximum absolute atomic E-state index is 12.9. The molecular weight excluding hydrogens is 1140 g/mol. The van der Waals surface area contributed by atoms with Crippen LogP contribution in [0.3, 0.4) is 0 Å². The van der Waals surface area contributed by atoms with E-state index in [0.29, 0.717) is 0 Å². The first-order valence-corrected chi connectivity index (χ1v) is 40.8. The molecule has 0 atom stereocenters. The van der Waals surface area contributed by atoms with Gasteiger partial charge in [-0.1, -0.05) is 304 Å². The average molecular weight is 1290 g/mol. The van der Waals surface area contributed by atoms with Crippen LogP contribution in [0, 0.1) is 11.8 Å². The molecule has 2 aromatic carbocycles. The van der Waals surface area contributed by atoms with Crippen molar-refractivity contribution >= 4 is 11.4 Å². The van der Waals surface area contributed by atoms with Crippen molar-refractivity contribution < 1.29 is 27.5 Å². The summed E-state index contributed by atoms with van der Waals surface area (Å²) in [5.74, 6) is 7.49. The number of aryl methyl sites for hydroxylation is 4. The molecular formula is C85H148N2NiO2. The quantitative estimate of drug-likeness (QED) is 0.0287. The molecule has 1 aliphatic rings. The van der Waals surface area contributed by atoms with E-state index in [1.54, 1.807) is 15.8 Å². The van der Waals surface area contributed by atoms with Gasteiger partial charge in [-0.3, -0.25) is 0 Å². The number of hydrogen-bond donors (Lipinski definition) is 0. The molecule has 2 aromatic rings. The first-order valence-electron chi connectivity index (χ1n) is 40.0. The van der Waals surface area contributed by atoms with E-state index in [1.165, 1.54) is 342 Å². The summed E-state index contributed by atoms with van der Waals surface area (Å²) in [5, 5.41) is 0. The third-order valence-corrected chi connectivity index (χ3v) is 19.6. The number of unbranched alkanes of at least 4 members (excludes halogenated alkanes) is 41. The molecule has 1 heterocycles. The molecule has 4 nitrogen and oxygen atoms in total. The minimum absolute atomic E-state index is 0.808. The Balaban J connectivity index is 0.00000227. The summed E-state index contributed by atoms with van der Waals surface area (Å²) in [6.07, 6.45) is 74.9. The monoisotopic (exact) mass is 1290 g/mol. The fourth-order valence-electron chi connectivity index (χ4n) is 13.2. The van der Waals surface area contributed by atoms with E-state index in [9.17, 15) is 5.53 Å². The van der Waals surface area contributed by atoms with E-state index in [0.717, 1.165) is 96.6 Å². The van der Waals surface area contributed by atoms with E-state index in [2.05, 4.69) is 104 Å². The number of nitrogens with zero attached hydrogens (tertiary/aromatic N) is 2. The summed E-state index contributed by atoms with van der Waals surface area (Å²) >= 11 is 0.968. The van der Waals surface area contributed by atoms with Crippen molar-refractivity contribution in [1.29, 1.82) is 0 Å². The number of hydrogen-bond acceptors (Lipinski definition) is 2. The molecule has 0 unspecified atom stereocenters. The molecule has 0 spiro atoms. The zero-order chi connectivity index (χ0) is 65.0. The first kappa shape index (κ1) is 83.6. The molecule has 0 radical (unpaired) electrons. The number of allylic oxidation sites excluding steroid dienone is 2. The van der Waals surface area contributed by atoms with Crippen molar-refractivity contribution in [3.8, 4) is 11.8 Å². The Morgan fingerprint density at radius 3 is 0.900 bits per heavy atom. The summed E-state index contributed by atoms with van der Waals surface area (Å²) in [7, 11) is 0. The van der Waals surface area contributed by atoms with E-state index in [4.69, 9.17) is 7.76 Å². The molecule has 90 heavy (non-hydrogen) atoms. The number of benzene rings is 2. The van der Waals surface area contributed by atoms with Gasteiger partial charge in [-0.2, -0.15) is 0 Å². The van der Waals surface area contributed by atoms with Gasteiger partial charge in [-0.15, -0.1) is 0 Å². The van der Waals surface area contributed by atoms with Gasteiger partial charge in [0, 0.05) is 23.6 Å². The summed E-state index contributed by atoms with van der Waals surface area (Å²) in [5.41, 5.74) is 27.5. The van der Waals surface area contributed by atoms with E-state index in [-0.39, 0.29) is 0 Å². The van der Waals surface area contributed by atoms with Gasteiger partial charge in [-0.25, -0.2) is 4.70 Å². The molecule has 0 saturated carbocycles. The molecule has 0 aromatic heterocycles. The summed E-state index contributed by atoms with van der Waals surface area (Å²) in [6.45, 7) is 22.2. The SMILES string of the molecule is CCCCCCCCCCCCCCCCCCCCCCCC#CC1=C(c2cc(CCCCCC)c(CCCCCC)c(CCCCCC)c2)[N+](=[N-])C(c2cc(CCCCCC)c(CCCCCC)c(CCCCCC)c2)=C1.CCCC[O][Ni][O]CCCC. The Morgan fingerprint density at radius 1 is 0.322 bits per heavy atom. The van der Waals surface area contributed by atoms with Crippen molar-refractivity contribution in [3.05, 3.63) is 86.0 Å². The number of rotatable bonds is 61. The molecule has 5 heteroatoms. The predicted molar refractivity (Wildman–Crippen MR) is 395 cm³/mol. The summed E-state index contributed by atoms with van der Waals surface area (Å²) < 4.78 is 11.9. The van der Waals surface area contributed by atoms with Gasteiger partial charge in [0.05, 0.1) is 0 Å². The van der Waals surface area contributed by atoms with Gasteiger partial charge in [0.25, 0.3) is 0 Å². The Labute approximate surface area is 568 Å². The molecule has 0 N–H and O–H groups in total. The van der Waals surface area contributed by atoms with Crippen LogP contribution in [0.2, 0.25) is 0 Å². The van der Waals surface area contributed by atoms with Gasteiger partial charge < -0.3 is 5.53 Å². The van der Waals surface area contributed by atoms with Crippen LogP contribution in [0.4, 0.5) is 0 Å². The van der Waals surface area contributed by atoms with Gasteiger partial charge in [0.2, 0.25) is 11.4 Å². The van der Waals surface area contributed by atoms with E-state index >= 15 is 0 Å². The molecule has 1 aliphatic heterocycles. The predicted octanol–water partition coefficient (Wildman–Crippen LogP) is 28.4. The van der Waals surface area contributed by atoms with Crippen LogP contribution >= 0.6 is 0 Å². The normalized spacial score (nSPS) is 12.3. The van der Waals surface area contributed by atoms with Gasteiger partial charge in [0.1, 0.15) is 5.57 Å². The van der Waals surface area contributed by atoms with Crippen LogP contribution < -0.4 is 0 Å². The Bertz CT molecular complexity index is 2070. The van der Waals surface area contributed by atoms with Crippen LogP contribution in [-0.4, -0.2) is 17.9 Å². The van der Waals surface area contributed by atoms with E-state index in [1.807, 2.05) is 0 Å². The molecule has 0 fully saturated rings. The van der Waals surface area contributed by atoms with Crippen LogP contribution in [-0.2, 0) is 61.4 Å². The Kier molecular flexibility index (Phi) is 57.0. The molecule has 3 rings (SSSR count). The van der Waals surface area contributed by atoms with Gasteiger partial charge in [0.15, 0.2) is 0 Å². The van der Waals surface area contributed by atoms with Crippen molar-refractivity contribution in [3.63, 3.8) is 0 Å². The zero-order valence-corrected chi connectivity index (χ0v) is 62.4. The van der Waals surface area contributed by atoms with Crippen LogP contribution in [0.1, 0.15) is 428 Å². The van der Waals surface area contributed by atoms with Crippen molar-refractivity contribution in [2.45, 2.75) is 422 Å². The second-order valence-corrected chi connectivity index (χ2v) is 28.2. The zero-order valence-electron chi connectivity index (χ0n) is 61.4. The summed E-state index contributed by atoms with van der Waals surface area (Å²) in [6, 6.07) is 10.1. The minimum atomic E-state index is 0.808. The molecule has 0 saturated heterocycles. The van der Waals surface area contributed by atoms with Crippen LogP contribution in [0.25, 0.3) is 16.9 Å².